The van der Waals surface area contributed by atoms with Crippen LogP contribution < -0.4 is 20.0 Å². The summed E-state index contributed by atoms with van der Waals surface area (Å²) in [5.74, 6) is 0.0515. The van der Waals surface area contributed by atoms with Crippen LogP contribution in [0.2, 0.25) is 0 Å². The molecule has 0 atom stereocenters. The molecule has 2 rings (SSSR count). The number of methoxy groups -OCH3 is 2. The fourth-order valence-corrected chi connectivity index (χ4v) is 1.80. The van der Waals surface area contributed by atoms with E-state index in [0.29, 0.717) is 17.2 Å². The number of carbonyl (C=O) groups is 1. The van der Waals surface area contributed by atoms with Crippen molar-refractivity contribution in [2.45, 2.75) is 0 Å². The van der Waals surface area contributed by atoms with Crippen molar-refractivity contribution in [2.75, 3.05) is 19.6 Å². The van der Waals surface area contributed by atoms with Crippen molar-refractivity contribution in [3.8, 4) is 11.5 Å². The van der Waals surface area contributed by atoms with Crippen LogP contribution in [0.25, 0.3) is 0 Å². The Bertz CT molecular complexity index is 681. The molecular formula is C16H15N2O4-. The molecule has 0 amide bonds. The number of hydrazone groups is 1. The molecule has 1 N–H and O–H groups in total. The van der Waals surface area contributed by atoms with Gasteiger partial charge in [0.15, 0.2) is 11.5 Å². The Kier molecular flexibility index (Phi) is 4.98. The molecule has 0 aromatic heterocycles. The van der Waals surface area contributed by atoms with E-state index < -0.39 is 5.97 Å². The summed E-state index contributed by atoms with van der Waals surface area (Å²) in [5, 5.41) is 14.7. The van der Waals surface area contributed by atoms with Gasteiger partial charge in [-0.3, -0.25) is 5.43 Å². The molecule has 6 heteroatoms. The van der Waals surface area contributed by atoms with Crippen molar-refractivity contribution in [2.24, 2.45) is 5.10 Å². The second-order valence-electron chi connectivity index (χ2n) is 4.35. The van der Waals surface area contributed by atoms with Gasteiger partial charge in [-0.15, -0.1) is 0 Å². The van der Waals surface area contributed by atoms with Crippen LogP contribution >= 0.6 is 0 Å². The lowest BCUT2D eigenvalue weighted by Crippen LogP contribution is -2.21. The number of anilines is 1. The van der Waals surface area contributed by atoms with Gasteiger partial charge in [0.05, 0.1) is 32.1 Å². The van der Waals surface area contributed by atoms with Crippen LogP contribution in [0.5, 0.6) is 11.5 Å². The summed E-state index contributed by atoms with van der Waals surface area (Å²) >= 11 is 0. The highest BCUT2D eigenvalue weighted by molar-refractivity contribution is 5.86. The van der Waals surface area contributed by atoms with Crippen molar-refractivity contribution >= 4 is 17.9 Å². The van der Waals surface area contributed by atoms with Crippen molar-refractivity contribution in [1.82, 2.24) is 0 Å². The zero-order valence-electron chi connectivity index (χ0n) is 12.2. The molecule has 0 aliphatic carbocycles. The molecule has 0 fully saturated rings. The molecule has 22 heavy (non-hydrogen) atoms. The number of ether oxygens (including phenoxy) is 2. The van der Waals surface area contributed by atoms with E-state index in [2.05, 4.69) is 10.5 Å². The summed E-state index contributed by atoms with van der Waals surface area (Å²) in [6, 6.07) is 11.5. The zero-order chi connectivity index (χ0) is 15.9. The van der Waals surface area contributed by atoms with Gasteiger partial charge in [-0.1, -0.05) is 12.1 Å². The van der Waals surface area contributed by atoms with Crippen LogP contribution in [0, 0.1) is 0 Å². The molecule has 114 valence electrons. The lowest BCUT2D eigenvalue weighted by atomic mass is 10.2. The normalized spacial score (nSPS) is 10.5. The van der Waals surface area contributed by atoms with Gasteiger partial charge in [-0.05, 0) is 41.5 Å². The summed E-state index contributed by atoms with van der Waals surface area (Å²) in [5.41, 5.74) is 4.43. The van der Waals surface area contributed by atoms with Gasteiger partial charge in [-0.25, -0.2) is 0 Å². The standard InChI is InChI=1S/C16H16N2O4/c1-21-14-8-3-11(9-15(14)22-2)10-17-18-13-6-4-12(5-7-13)16(19)20/h3-10,18H,1-2H3,(H,19,20)/p-1/b17-10-. The van der Waals surface area contributed by atoms with Gasteiger partial charge in [0.1, 0.15) is 0 Å². The number of nitrogens with zero attached hydrogens (tertiary/aromatic N) is 1. The van der Waals surface area contributed by atoms with E-state index in [1.165, 1.54) is 12.1 Å². The van der Waals surface area contributed by atoms with Crippen LogP contribution in [0.15, 0.2) is 47.6 Å². The lowest BCUT2D eigenvalue weighted by Gasteiger charge is -2.07. The van der Waals surface area contributed by atoms with Gasteiger partial charge >= 0.3 is 0 Å². The van der Waals surface area contributed by atoms with Gasteiger partial charge < -0.3 is 19.4 Å². The summed E-state index contributed by atoms with van der Waals surface area (Å²) < 4.78 is 10.4. The Hall–Kier alpha value is -3.02. The summed E-state index contributed by atoms with van der Waals surface area (Å²) in [7, 11) is 3.14. The number of carboxylic acids is 1. The molecule has 0 saturated carbocycles. The first-order chi connectivity index (χ1) is 10.6. The molecule has 0 heterocycles. The number of hydrogen-bond donors (Lipinski definition) is 1. The zero-order valence-corrected chi connectivity index (χ0v) is 12.2. The molecule has 6 nitrogen and oxygen atoms in total. The Labute approximate surface area is 128 Å². The number of aromatic carboxylic acids is 1. The third-order valence-electron chi connectivity index (χ3n) is 2.94. The van der Waals surface area contributed by atoms with Crippen molar-refractivity contribution in [3.63, 3.8) is 0 Å². The highest BCUT2D eigenvalue weighted by Gasteiger charge is 2.02. The predicted molar refractivity (Wildman–Crippen MR) is 81.5 cm³/mol. The average Bonchev–Trinajstić information content (AvgIpc) is 2.55. The summed E-state index contributed by atoms with van der Waals surface area (Å²) in [6.45, 7) is 0. The number of rotatable bonds is 6. The van der Waals surface area contributed by atoms with E-state index in [0.717, 1.165) is 5.56 Å². The number of carbonyl (C=O) groups excluding carboxylic acids is 1. The number of benzene rings is 2. The molecule has 0 aliphatic heterocycles. The average molecular weight is 299 g/mol. The van der Waals surface area contributed by atoms with Gasteiger partial charge in [0, 0.05) is 0 Å². The third-order valence-corrected chi connectivity index (χ3v) is 2.94. The quantitative estimate of drug-likeness (QED) is 0.646. The second kappa shape index (κ2) is 7.12. The number of nitrogens with one attached hydrogen (secondary N) is 1. The molecule has 2 aromatic carbocycles. The van der Waals surface area contributed by atoms with E-state index in [1.807, 2.05) is 6.07 Å². The minimum atomic E-state index is -1.21. The molecule has 0 radical (unpaired) electrons. The maximum Gasteiger partial charge on any atom is 0.161 e. The van der Waals surface area contributed by atoms with E-state index in [4.69, 9.17) is 9.47 Å². The van der Waals surface area contributed by atoms with Gasteiger partial charge in [0.25, 0.3) is 0 Å². The summed E-state index contributed by atoms with van der Waals surface area (Å²) in [4.78, 5) is 10.6. The van der Waals surface area contributed by atoms with Crippen molar-refractivity contribution in [3.05, 3.63) is 53.6 Å². The van der Waals surface area contributed by atoms with Crippen LogP contribution in [-0.4, -0.2) is 26.4 Å². The Morgan fingerprint density at radius 1 is 1.09 bits per heavy atom. The minimum Gasteiger partial charge on any atom is -0.545 e. The van der Waals surface area contributed by atoms with Gasteiger partial charge in [-0.2, -0.15) is 5.10 Å². The van der Waals surface area contributed by atoms with Crippen LogP contribution in [0.3, 0.4) is 0 Å². The van der Waals surface area contributed by atoms with E-state index in [-0.39, 0.29) is 5.56 Å². The largest absolute Gasteiger partial charge is 0.545 e. The minimum absolute atomic E-state index is 0.120. The molecule has 0 aliphatic rings. The fourth-order valence-electron chi connectivity index (χ4n) is 1.80. The molecular weight excluding hydrogens is 284 g/mol. The SMILES string of the molecule is COc1ccc(/C=N\Nc2ccc(C(=O)[O-])cc2)cc1OC. The van der Waals surface area contributed by atoms with E-state index in [9.17, 15) is 9.90 Å². The van der Waals surface area contributed by atoms with Crippen LogP contribution in [0.1, 0.15) is 15.9 Å². The molecule has 0 unspecified atom stereocenters. The highest BCUT2D eigenvalue weighted by atomic mass is 16.5. The fraction of sp³-hybridized carbons (Fsp3) is 0.125. The third kappa shape index (κ3) is 3.76. The second-order valence-corrected chi connectivity index (χ2v) is 4.35. The summed E-state index contributed by atoms with van der Waals surface area (Å²) in [6.07, 6.45) is 1.62. The molecule has 0 bridgehead atoms. The molecule has 0 saturated heterocycles. The molecule has 0 spiro atoms. The van der Waals surface area contributed by atoms with Crippen molar-refractivity contribution in [1.29, 1.82) is 0 Å². The first-order valence-corrected chi connectivity index (χ1v) is 6.46. The Morgan fingerprint density at radius 3 is 2.36 bits per heavy atom. The predicted octanol–water partition coefficient (Wildman–Crippen LogP) is 1.51. The first-order valence-electron chi connectivity index (χ1n) is 6.46. The molecule has 2 aromatic rings. The lowest BCUT2D eigenvalue weighted by molar-refractivity contribution is -0.255. The van der Waals surface area contributed by atoms with Crippen molar-refractivity contribution < 1.29 is 19.4 Å². The smallest absolute Gasteiger partial charge is 0.161 e. The monoisotopic (exact) mass is 299 g/mol. The Morgan fingerprint density at radius 2 is 1.77 bits per heavy atom. The van der Waals surface area contributed by atoms with Crippen LogP contribution in [-0.2, 0) is 0 Å². The number of carboxylic acid groups (broad SMARTS) is 1. The van der Waals surface area contributed by atoms with E-state index in [1.54, 1.807) is 44.7 Å². The number of hydrogen-bond acceptors (Lipinski definition) is 6. The Balaban J connectivity index is 2.04. The maximum atomic E-state index is 10.6. The maximum absolute atomic E-state index is 10.6. The topological polar surface area (TPSA) is 83.0 Å². The van der Waals surface area contributed by atoms with Crippen LogP contribution in [0.4, 0.5) is 5.69 Å². The first kappa shape index (κ1) is 15.4. The highest BCUT2D eigenvalue weighted by Crippen LogP contribution is 2.26. The van der Waals surface area contributed by atoms with Gasteiger partial charge in [0.2, 0.25) is 0 Å². The van der Waals surface area contributed by atoms with E-state index >= 15 is 0 Å².